The Hall–Kier alpha value is -0.120. The van der Waals surface area contributed by atoms with Crippen LogP contribution in [0, 0.1) is 11.8 Å². The number of aliphatic hydroxyl groups excluding tert-OH is 2. The standard InChI is InChI=1S/C30H62O3/c1-3-29(23-19-25-31)21-15-11-7-5-9-13-17-27-33-28-18-14-10-6-8-12-16-22-30(4-2)24-20-26-32/h29-32H,3-28H2,1-2H3. The number of ether oxygens (including phenoxy) is 1. The smallest absolute Gasteiger partial charge is 0.0466 e. The minimum Gasteiger partial charge on any atom is -0.396 e. The molecular formula is C30H62O3. The highest BCUT2D eigenvalue weighted by Crippen LogP contribution is 2.20. The maximum Gasteiger partial charge on any atom is 0.0466 e. The lowest BCUT2D eigenvalue weighted by Crippen LogP contribution is -2.00. The van der Waals surface area contributed by atoms with Crippen LogP contribution in [0.25, 0.3) is 0 Å². The van der Waals surface area contributed by atoms with Crippen molar-refractivity contribution in [3.05, 3.63) is 0 Å². The van der Waals surface area contributed by atoms with Crippen LogP contribution in [0.5, 0.6) is 0 Å². The fourth-order valence-corrected chi connectivity index (χ4v) is 5.01. The second-order valence-electron chi connectivity index (χ2n) is 10.4. The Morgan fingerprint density at radius 2 is 0.727 bits per heavy atom. The van der Waals surface area contributed by atoms with E-state index < -0.39 is 0 Å². The minimum atomic E-state index is 0.355. The molecule has 0 rings (SSSR count). The monoisotopic (exact) mass is 470 g/mol. The van der Waals surface area contributed by atoms with E-state index in [-0.39, 0.29) is 0 Å². The molecule has 0 aromatic carbocycles. The molecular weight excluding hydrogens is 408 g/mol. The van der Waals surface area contributed by atoms with Gasteiger partial charge in [0.25, 0.3) is 0 Å². The van der Waals surface area contributed by atoms with E-state index in [1.54, 1.807) is 0 Å². The van der Waals surface area contributed by atoms with Gasteiger partial charge in [-0.25, -0.2) is 0 Å². The second kappa shape index (κ2) is 28.1. The Balaban J connectivity index is 3.20. The summed E-state index contributed by atoms with van der Waals surface area (Å²) >= 11 is 0. The molecule has 200 valence electrons. The molecule has 0 aromatic heterocycles. The molecule has 0 spiro atoms. The maximum absolute atomic E-state index is 8.96. The highest BCUT2D eigenvalue weighted by atomic mass is 16.5. The van der Waals surface area contributed by atoms with E-state index in [9.17, 15) is 0 Å². The molecule has 3 heteroatoms. The molecule has 0 aliphatic heterocycles. The molecule has 0 radical (unpaired) electrons. The lowest BCUT2D eigenvalue weighted by Gasteiger charge is -2.13. The Morgan fingerprint density at radius 1 is 0.424 bits per heavy atom. The predicted octanol–water partition coefficient (Wildman–Crippen LogP) is 8.84. The van der Waals surface area contributed by atoms with Gasteiger partial charge in [0.15, 0.2) is 0 Å². The van der Waals surface area contributed by atoms with Crippen LogP contribution in [0.1, 0.15) is 155 Å². The number of hydrogen-bond donors (Lipinski definition) is 2. The van der Waals surface area contributed by atoms with Crippen molar-refractivity contribution in [2.75, 3.05) is 26.4 Å². The topological polar surface area (TPSA) is 49.7 Å². The van der Waals surface area contributed by atoms with E-state index in [2.05, 4.69) is 13.8 Å². The van der Waals surface area contributed by atoms with Gasteiger partial charge in [0, 0.05) is 26.4 Å². The van der Waals surface area contributed by atoms with E-state index in [4.69, 9.17) is 14.9 Å². The fraction of sp³-hybridized carbons (Fsp3) is 1.00. The molecule has 0 aliphatic carbocycles. The SMILES string of the molecule is CCC(CCCO)CCCCCCCCCOCCCCCCCCCC(CC)CCCO. The summed E-state index contributed by atoms with van der Waals surface area (Å²) in [6, 6.07) is 0. The van der Waals surface area contributed by atoms with Crippen molar-refractivity contribution in [3.8, 4) is 0 Å². The van der Waals surface area contributed by atoms with Gasteiger partial charge in [-0.05, 0) is 50.4 Å². The number of aliphatic hydroxyl groups is 2. The summed E-state index contributed by atoms with van der Waals surface area (Å²) in [6.45, 7) is 7.20. The van der Waals surface area contributed by atoms with Crippen LogP contribution in [0.3, 0.4) is 0 Å². The van der Waals surface area contributed by atoms with Crippen molar-refractivity contribution in [2.45, 2.75) is 155 Å². The van der Waals surface area contributed by atoms with Crippen LogP contribution in [-0.2, 0) is 4.74 Å². The Bertz CT molecular complexity index is 315. The molecule has 33 heavy (non-hydrogen) atoms. The first-order valence-corrected chi connectivity index (χ1v) is 15.1. The van der Waals surface area contributed by atoms with Crippen molar-refractivity contribution in [1.29, 1.82) is 0 Å². The molecule has 2 atom stereocenters. The molecule has 0 saturated carbocycles. The number of hydrogen-bond acceptors (Lipinski definition) is 3. The van der Waals surface area contributed by atoms with Crippen molar-refractivity contribution in [2.24, 2.45) is 11.8 Å². The Labute approximate surface area is 208 Å². The Morgan fingerprint density at radius 3 is 1.06 bits per heavy atom. The molecule has 0 bridgehead atoms. The van der Waals surface area contributed by atoms with Gasteiger partial charge in [-0.2, -0.15) is 0 Å². The van der Waals surface area contributed by atoms with E-state index in [0.29, 0.717) is 13.2 Å². The third-order valence-electron chi connectivity index (χ3n) is 7.50. The number of rotatable bonds is 28. The minimum absolute atomic E-state index is 0.355. The highest BCUT2D eigenvalue weighted by Gasteiger charge is 2.06. The average Bonchev–Trinajstić information content (AvgIpc) is 2.84. The lowest BCUT2D eigenvalue weighted by molar-refractivity contribution is 0.125. The van der Waals surface area contributed by atoms with Gasteiger partial charge in [-0.15, -0.1) is 0 Å². The molecule has 0 heterocycles. The van der Waals surface area contributed by atoms with Gasteiger partial charge in [-0.3, -0.25) is 0 Å². The van der Waals surface area contributed by atoms with Crippen LogP contribution < -0.4 is 0 Å². The third-order valence-corrected chi connectivity index (χ3v) is 7.50. The van der Waals surface area contributed by atoms with Gasteiger partial charge in [0.05, 0.1) is 0 Å². The fourth-order valence-electron chi connectivity index (χ4n) is 5.01. The van der Waals surface area contributed by atoms with E-state index in [1.807, 2.05) is 0 Å². The highest BCUT2D eigenvalue weighted by molar-refractivity contribution is 4.59. The zero-order chi connectivity index (χ0) is 24.2. The molecule has 0 fully saturated rings. The summed E-state index contributed by atoms with van der Waals surface area (Å²) in [5, 5.41) is 17.9. The molecule has 0 amide bonds. The quantitative estimate of drug-likeness (QED) is 0.112. The zero-order valence-corrected chi connectivity index (χ0v) is 22.8. The van der Waals surface area contributed by atoms with Gasteiger partial charge in [0.2, 0.25) is 0 Å². The first-order chi connectivity index (χ1) is 16.3. The van der Waals surface area contributed by atoms with Gasteiger partial charge in [-0.1, -0.05) is 117 Å². The van der Waals surface area contributed by atoms with Crippen LogP contribution in [0.2, 0.25) is 0 Å². The summed E-state index contributed by atoms with van der Waals surface area (Å²) in [5.74, 6) is 1.67. The van der Waals surface area contributed by atoms with Crippen molar-refractivity contribution in [1.82, 2.24) is 0 Å². The van der Waals surface area contributed by atoms with E-state index >= 15 is 0 Å². The summed E-state index contributed by atoms with van der Waals surface area (Å²) in [5.41, 5.74) is 0. The summed E-state index contributed by atoms with van der Waals surface area (Å²) in [4.78, 5) is 0. The molecule has 3 nitrogen and oxygen atoms in total. The normalized spacial score (nSPS) is 13.5. The van der Waals surface area contributed by atoms with E-state index in [0.717, 1.165) is 37.9 Å². The Kier molecular flexibility index (Phi) is 28.0. The van der Waals surface area contributed by atoms with Crippen LogP contribution in [-0.4, -0.2) is 36.6 Å². The average molecular weight is 471 g/mol. The van der Waals surface area contributed by atoms with Gasteiger partial charge < -0.3 is 14.9 Å². The van der Waals surface area contributed by atoms with Crippen molar-refractivity contribution in [3.63, 3.8) is 0 Å². The van der Waals surface area contributed by atoms with Gasteiger partial charge in [0.1, 0.15) is 0 Å². The summed E-state index contributed by atoms with van der Waals surface area (Å²) < 4.78 is 5.83. The molecule has 2 N–H and O–H groups in total. The third kappa shape index (κ3) is 24.8. The first kappa shape index (κ1) is 32.9. The lowest BCUT2D eigenvalue weighted by atomic mass is 9.93. The molecule has 0 aromatic rings. The zero-order valence-electron chi connectivity index (χ0n) is 22.8. The van der Waals surface area contributed by atoms with E-state index in [1.165, 1.54) is 128 Å². The maximum atomic E-state index is 8.96. The van der Waals surface area contributed by atoms with Crippen molar-refractivity contribution < 1.29 is 14.9 Å². The van der Waals surface area contributed by atoms with Crippen molar-refractivity contribution >= 4 is 0 Å². The van der Waals surface area contributed by atoms with Crippen LogP contribution >= 0.6 is 0 Å². The summed E-state index contributed by atoms with van der Waals surface area (Å²) in [6.07, 6.45) is 28.5. The molecule has 0 saturated heterocycles. The molecule has 0 aliphatic rings. The molecule has 2 unspecified atom stereocenters. The predicted molar refractivity (Wildman–Crippen MR) is 145 cm³/mol. The first-order valence-electron chi connectivity index (χ1n) is 15.1. The summed E-state index contributed by atoms with van der Waals surface area (Å²) in [7, 11) is 0. The largest absolute Gasteiger partial charge is 0.396 e. The number of unbranched alkanes of at least 4 members (excludes halogenated alkanes) is 12. The van der Waals surface area contributed by atoms with Crippen LogP contribution in [0.4, 0.5) is 0 Å². The van der Waals surface area contributed by atoms with Gasteiger partial charge >= 0.3 is 0 Å². The second-order valence-corrected chi connectivity index (χ2v) is 10.4. The van der Waals surface area contributed by atoms with Crippen LogP contribution in [0.15, 0.2) is 0 Å².